The summed E-state index contributed by atoms with van der Waals surface area (Å²) in [6.07, 6.45) is 4.69. The fourth-order valence-electron chi connectivity index (χ4n) is 2.01. The largest absolute Gasteiger partial charge is 0.335 e. The molecule has 0 spiro atoms. The second kappa shape index (κ2) is 6.74. The lowest BCUT2D eigenvalue weighted by Gasteiger charge is -2.29. The van der Waals surface area contributed by atoms with Crippen LogP contribution in [-0.2, 0) is 4.79 Å². The van der Waals surface area contributed by atoms with Gasteiger partial charge in [-0.1, -0.05) is 19.8 Å². The van der Waals surface area contributed by atoms with E-state index in [4.69, 9.17) is 11.6 Å². The smallest absolute Gasteiger partial charge is 0.321 e. The molecule has 5 heteroatoms. The van der Waals surface area contributed by atoms with Gasteiger partial charge in [-0.2, -0.15) is 0 Å². The third-order valence-corrected chi connectivity index (χ3v) is 3.19. The molecule has 0 aromatic rings. The fraction of sp³-hybridized carbons (Fsp3) is 0.818. The Bertz CT molecular complexity index is 258. The van der Waals surface area contributed by atoms with Gasteiger partial charge < -0.3 is 5.32 Å². The molecule has 1 saturated carbocycles. The molecule has 2 unspecified atom stereocenters. The summed E-state index contributed by atoms with van der Waals surface area (Å²) in [5, 5.41) is 5.12. The van der Waals surface area contributed by atoms with Crippen LogP contribution in [0.25, 0.3) is 0 Å². The van der Waals surface area contributed by atoms with Crippen LogP contribution >= 0.6 is 11.6 Å². The Hall–Kier alpha value is -0.770. The molecule has 0 saturated heterocycles. The van der Waals surface area contributed by atoms with Crippen LogP contribution in [0.5, 0.6) is 0 Å². The van der Waals surface area contributed by atoms with Crippen LogP contribution in [0.1, 0.15) is 39.0 Å². The summed E-state index contributed by atoms with van der Waals surface area (Å²) in [4.78, 5) is 22.6. The van der Waals surface area contributed by atoms with E-state index in [-0.39, 0.29) is 24.2 Å². The predicted molar refractivity (Wildman–Crippen MR) is 63.4 cm³/mol. The molecule has 1 aliphatic carbocycles. The maximum atomic E-state index is 11.5. The first kappa shape index (κ1) is 13.3. The molecule has 3 amide bonds. The number of urea groups is 1. The van der Waals surface area contributed by atoms with E-state index in [1.165, 1.54) is 6.42 Å². The molecule has 0 radical (unpaired) electrons. The van der Waals surface area contributed by atoms with Crippen LogP contribution in [0.3, 0.4) is 0 Å². The van der Waals surface area contributed by atoms with Crippen molar-refractivity contribution in [3.8, 4) is 0 Å². The van der Waals surface area contributed by atoms with Crippen molar-refractivity contribution in [1.82, 2.24) is 10.6 Å². The van der Waals surface area contributed by atoms with Crippen LogP contribution in [0.15, 0.2) is 0 Å². The zero-order chi connectivity index (χ0) is 12.0. The van der Waals surface area contributed by atoms with Gasteiger partial charge in [0, 0.05) is 18.3 Å². The predicted octanol–water partition coefficient (Wildman–Crippen LogP) is 2.02. The topological polar surface area (TPSA) is 58.2 Å². The minimum absolute atomic E-state index is 0.176. The van der Waals surface area contributed by atoms with Crippen LogP contribution in [0.4, 0.5) is 4.79 Å². The Morgan fingerprint density at radius 3 is 2.62 bits per heavy atom. The van der Waals surface area contributed by atoms with E-state index < -0.39 is 6.03 Å². The van der Waals surface area contributed by atoms with Gasteiger partial charge in [0.15, 0.2) is 0 Å². The molecule has 1 aliphatic rings. The van der Waals surface area contributed by atoms with Crippen molar-refractivity contribution in [3.63, 3.8) is 0 Å². The lowest BCUT2D eigenvalue weighted by atomic mass is 9.86. The molecule has 0 heterocycles. The van der Waals surface area contributed by atoms with Crippen molar-refractivity contribution in [2.75, 3.05) is 5.88 Å². The molecule has 0 bridgehead atoms. The first-order valence-electron chi connectivity index (χ1n) is 5.79. The van der Waals surface area contributed by atoms with Crippen molar-refractivity contribution < 1.29 is 9.59 Å². The van der Waals surface area contributed by atoms with E-state index in [1.54, 1.807) is 0 Å². The Morgan fingerprint density at radius 1 is 1.31 bits per heavy atom. The minimum atomic E-state index is -0.395. The van der Waals surface area contributed by atoms with Crippen LogP contribution < -0.4 is 10.6 Å². The summed E-state index contributed by atoms with van der Waals surface area (Å²) < 4.78 is 0. The van der Waals surface area contributed by atoms with E-state index in [0.29, 0.717) is 5.92 Å². The molecule has 2 N–H and O–H groups in total. The van der Waals surface area contributed by atoms with E-state index in [1.807, 2.05) is 0 Å². The van der Waals surface area contributed by atoms with E-state index in [2.05, 4.69) is 17.6 Å². The number of carbonyl (C=O) groups is 2. The summed E-state index contributed by atoms with van der Waals surface area (Å²) in [6, 6.07) is -0.202. The second-order valence-corrected chi connectivity index (χ2v) is 4.71. The lowest BCUT2D eigenvalue weighted by molar-refractivity contribution is -0.119. The summed E-state index contributed by atoms with van der Waals surface area (Å²) in [5.74, 6) is 0.400. The zero-order valence-electron chi connectivity index (χ0n) is 9.59. The number of amides is 3. The molecule has 4 nitrogen and oxygen atoms in total. The van der Waals surface area contributed by atoms with Gasteiger partial charge in [-0.25, -0.2) is 4.79 Å². The number of carbonyl (C=O) groups excluding carboxylic acids is 2. The fourth-order valence-corrected chi connectivity index (χ4v) is 2.18. The van der Waals surface area contributed by atoms with Gasteiger partial charge in [0.25, 0.3) is 0 Å². The van der Waals surface area contributed by atoms with Gasteiger partial charge in [-0.05, 0) is 18.8 Å². The highest BCUT2D eigenvalue weighted by Crippen LogP contribution is 2.23. The van der Waals surface area contributed by atoms with Gasteiger partial charge >= 0.3 is 6.03 Å². The highest BCUT2D eigenvalue weighted by atomic mass is 35.5. The number of hydrogen-bond donors (Lipinski definition) is 2. The maximum Gasteiger partial charge on any atom is 0.321 e. The number of hydrogen-bond acceptors (Lipinski definition) is 2. The number of nitrogens with one attached hydrogen (secondary N) is 2. The highest BCUT2D eigenvalue weighted by molar-refractivity contribution is 6.19. The molecule has 1 fully saturated rings. The Balaban J connectivity index is 2.30. The number of alkyl halides is 1. The second-order valence-electron chi connectivity index (χ2n) is 4.33. The van der Waals surface area contributed by atoms with Gasteiger partial charge in [0.05, 0.1) is 0 Å². The zero-order valence-corrected chi connectivity index (χ0v) is 10.3. The Morgan fingerprint density at radius 2 is 2.00 bits per heavy atom. The summed E-state index contributed by atoms with van der Waals surface area (Å²) >= 11 is 5.40. The number of halogens is 1. The third-order valence-electron chi connectivity index (χ3n) is 3.00. The molecule has 2 atom stereocenters. The van der Waals surface area contributed by atoms with Crippen LogP contribution in [0, 0.1) is 5.92 Å². The van der Waals surface area contributed by atoms with E-state index in [9.17, 15) is 9.59 Å². The molecule has 1 rings (SSSR count). The van der Waals surface area contributed by atoms with Crippen molar-refractivity contribution >= 4 is 23.5 Å². The molecular formula is C11H19ClN2O2. The quantitative estimate of drug-likeness (QED) is 0.749. The van der Waals surface area contributed by atoms with E-state index >= 15 is 0 Å². The SMILES string of the molecule is CC1CCCCC1NC(=O)NC(=O)CCCl. The molecule has 0 aromatic heterocycles. The van der Waals surface area contributed by atoms with Crippen LogP contribution in [0.2, 0.25) is 0 Å². The number of rotatable bonds is 3. The molecule has 16 heavy (non-hydrogen) atoms. The van der Waals surface area contributed by atoms with Gasteiger partial charge in [0.2, 0.25) is 5.91 Å². The monoisotopic (exact) mass is 246 g/mol. The maximum absolute atomic E-state index is 11.5. The highest BCUT2D eigenvalue weighted by Gasteiger charge is 2.23. The lowest BCUT2D eigenvalue weighted by Crippen LogP contribution is -2.47. The van der Waals surface area contributed by atoms with Crippen molar-refractivity contribution in [2.45, 2.75) is 45.1 Å². The van der Waals surface area contributed by atoms with E-state index in [0.717, 1.165) is 19.3 Å². The Labute approximate surface area is 101 Å². The Kier molecular flexibility index (Phi) is 5.60. The van der Waals surface area contributed by atoms with Crippen molar-refractivity contribution in [1.29, 1.82) is 0 Å². The van der Waals surface area contributed by atoms with Gasteiger partial charge in [-0.3, -0.25) is 10.1 Å². The summed E-state index contributed by atoms with van der Waals surface area (Å²) in [7, 11) is 0. The standard InChI is InChI=1S/C11H19ClN2O2/c1-8-4-2-3-5-9(8)13-11(16)14-10(15)6-7-12/h8-9H,2-7H2,1H3,(H2,13,14,15,16). The third kappa shape index (κ3) is 4.39. The molecule has 92 valence electrons. The average Bonchev–Trinajstić information content (AvgIpc) is 2.21. The first-order valence-corrected chi connectivity index (χ1v) is 6.33. The molecule has 0 aliphatic heterocycles. The summed E-state index contributed by atoms with van der Waals surface area (Å²) in [6.45, 7) is 2.13. The van der Waals surface area contributed by atoms with Crippen molar-refractivity contribution in [2.24, 2.45) is 5.92 Å². The normalized spacial score (nSPS) is 24.9. The van der Waals surface area contributed by atoms with Gasteiger partial charge in [-0.15, -0.1) is 11.6 Å². The van der Waals surface area contributed by atoms with Gasteiger partial charge in [0.1, 0.15) is 0 Å². The first-order chi connectivity index (χ1) is 7.63. The number of imide groups is 1. The summed E-state index contributed by atoms with van der Waals surface area (Å²) in [5.41, 5.74) is 0. The minimum Gasteiger partial charge on any atom is -0.335 e. The van der Waals surface area contributed by atoms with Crippen LogP contribution in [-0.4, -0.2) is 23.9 Å². The van der Waals surface area contributed by atoms with Crippen molar-refractivity contribution in [3.05, 3.63) is 0 Å². The average molecular weight is 247 g/mol. The molecule has 0 aromatic carbocycles. The molecular weight excluding hydrogens is 228 g/mol.